The van der Waals surface area contributed by atoms with E-state index in [1.54, 1.807) is 6.20 Å². The van der Waals surface area contributed by atoms with Gasteiger partial charge in [0.2, 0.25) is 0 Å². The van der Waals surface area contributed by atoms with Crippen molar-refractivity contribution in [2.45, 2.75) is 70.3 Å². The van der Waals surface area contributed by atoms with E-state index in [0.717, 1.165) is 57.1 Å². The summed E-state index contributed by atoms with van der Waals surface area (Å²) in [6.07, 6.45) is 10.8. The first-order chi connectivity index (χ1) is 17.1. The van der Waals surface area contributed by atoms with E-state index in [1.807, 2.05) is 31.2 Å². The molecule has 0 bridgehead atoms. The van der Waals surface area contributed by atoms with Crippen LogP contribution in [0.4, 0.5) is 0 Å². The third kappa shape index (κ3) is 5.25. The van der Waals surface area contributed by atoms with Crippen molar-refractivity contribution in [3.8, 4) is 11.3 Å². The third-order valence-electron chi connectivity index (χ3n) is 7.17. The van der Waals surface area contributed by atoms with Gasteiger partial charge >= 0.3 is 0 Å². The number of aliphatic hydroxyl groups is 1. The molecule has 2 aliphatic carbocycles. The zero-order chi connectivity index (χ0) is 24.4. The van der Waals surface area contributed by atoms with Crippen LogP contribution < -0.4 is 0 Å². The summed E-state index contributed by atoms with van der Waals surface area (Å²) in [4.78, 5) is 4.41. The molecule has 6 rings (SSSR count). The molecule has 2 aromatic carbocycles. The van der Waals surface area contributed by atoms with Gasteiger partial charge in [-0.2, -0.15) is 0 Å². The standard InChI is InChI=1S/C15H16ClN.C14H14ClNO2/c16-14-8-9-17-15-10-12(6-7-13(14)15)11-4-2-1-3-5-11;1-8-3-2-4-11(15)12(8)13-10(7-17)14(18-16-13)9-5-6-9/h6-11H,1-5H2;2-4,9,17H,5-7H2,1H3. The monoisotopic (exact) mass is 508 g/mol. The molecule has 182 valence electrons. The predicted molar refractivity (Wildman–Crippen MR) is 142 cm³/mol. The Morgan fingerprint density at radius 1 is 0.943 bits per heavy atom. The SMILES string of the molecule is Cc1cccc(Cl)c1-c1noc(C2CC2)c1CO.Clc1ccnc2cc(C3CCCCC3)ccc12. The zero-order valence-corrected chi connectivity index (χ0v) is 21.4. The average Bonchev–Trinajstić information content (AvgIpc) is 3.64. The average molecular weight is 509 g/mol. The fourth-order valence-electron chi connectivity index (χ4n) is 5.09. The number of rotatable bonds is 4. The van der Waals surface area contributed by atoms with Gasteiger partial charge in [-0.3, -0.25) is 4.98 Å². The summed E-state index contributed by atoms with van der Waals surface area (Å²) in [5, 5.41) is 16.2. The molecule has 4 aromatic rings. The van der Waals surface area contributed by atoms with Crippen LogP contribution in [0.25, 0.3) is 22.2 Å². The molecule has 0 spiro atoms. The van der Waals surface area contributed by atoms with Crippen LogP contribution in [0.3, 0.4) is 0 Å². The van der Waals surface area contributed by atoms with Crippen LogP contribution in [0, 0.1) is 6.92 Å². The number of nitrogens with zero attached hydrogens (tertiary/aromatic N) is 2. The Bertz CT molecular complexity index is 1300. The van der Waals surface area contributed by atoms with E-state index in [2.05, 4.69) is 28.3 Å². The topological polar surface area (TPSA) is 59.2 Å². The van der Waals surface area contributed by atoms with Gasteiger partial charge in [0.25, 0.3) is 0 Å². The van der Waals surface area contributed by atoms with Crippen molar-refractivity contribution in [3.63, 3.8) is 0 Å². The zero-order valence-electron chi connectivity index (χ0n) is 19.9. The number of aromatic nitrogens is 2. The molecule has 0 saturated heterocycles. The highest BCUT2D eigenvalue weighted by molar-refractivity contribution is 6.35. The van der Waals surface area contributed by atoms with Crippen LogP contribution in [-0.2, 0) is 6.61 Å². The smallest absolute Gasteiger partial charge is 0.145 e. The van der Waals surface area contributed by atoms with E-state index >= 15 is 0 Å². The lowest BCUT2D eigenvalue weighted by atomic mass is 9.84. The molecule has 6 heteroatoms. The summed E-state index contributed by atoms with van der Waals surface area (Å²) in [7, 11) is 0. The number of pyridine rings is 1. The van der Waals surface area contributed by atoms with Crippen molar-refractivity contribution in [1.82, 2.24) is 10.1 Å². The molecule has 2 aromatic heterocycles. The van der Waals surface area contributed by atoms with Crippen molar-refractivity contribution in [2.75, 3.05) is 0 Å². The molecule has 2 heterocycles. The van der Waals surface area contributed by atoms with Crippen LogP contribution in [0.15, 0.2) is 53.2 Å². The Morgan fingerprint density at radius 2 is 1.74 bits per heavy atom. The summed E-state index contributed by atoms with van der Waals surface area (Å²) in [5.41, 5.74) is 5.83. The third-order valence-corrected chi connectivity index (χ3v) is 7.82. The van der Waals surface area contributed by atoms with E-state index in [1.165, 1.54) is 37.7 Å². The minimum atomic E-state index is -0.0602. The molecule has 0 atom stereocenters. The van der Waals surface area contributed by atoms with Crippen LogP contribution in [0.1, 0.15) is 79.2 Å². The molecule has 2 aliphatic rings. The molecule has 2 saturated carbocycles. The van der Waals surface area contributed by atoms with E-state index in [-0.39, 0.29) is 6.61 Å². The summed E-state index contributed by atoms with van der Waals surface area (Å²) in [5.74, 6) is 1.98. The number of halogens is 2. The Labute approximate surface area is 216 Å². The van der Waals surface area contributed by atoms with E-state index in [9.17, 15) is 5.11 Å². The minimum absolute atomic E-state index is 0.0602. The number of fused-ring (bicyclic) bond motifs is 1. The van der Waals surface area contributed by atoms with E-state index in [0.29, 0.717) is 16.6 Å². The van der Waals surface area contributed by atoms with E-state index < -0.39 is 0 Å². The predicted octanol–water partition coefficient (Wildman–Crippen LogP) is 8.61. The summed E-state index contributed by atoms with van der Waals surface area (Å²) >= 11 is 12.4. The van der Waals surface area contributed by atoms with Crippen LogP contribution in [-0.4, -0.2) is 15.2 Å². The molecule has 0 aliphatic heterocycles. The molecule has 35 heavy (non-hydrogen) atoms. The molecule has 0 radical (unpaired) electrons. The number of aliphatic hydroxyl groups excluding tert-OH is 1. The highest BCUT2D eigenvalue weighted by atomic mass is 35.5. The molecule has 0 unspecified atom stereocenters. The first-order valence-corrected chi connectivity index (χ1v) is 13.2. The normalized spacial score (nSPS) is 16.2. The Kier molecular flexibility index (Phi) is 7.43. The summed E-state index contributed by atoms with van der Waals surface area (Å²) in [6.45, 7) is 1.92. The fraction of sp³-hybridized carbons (Fsp3) is 0.379. The van der Waals surface area contributed by atoms with Gasteiger partial charge in [0.15, 0.2) is 0 Å². The van der Waals surface area contributed by atoms with Gasteiger partial charge in [-0.1, -0.05) is 71.9 Å². The Balaban J connectivity index is 0.000000145. The van der Waals surface area contributed by atoms with Gasteiger partial charge in [0, 0.05) is 28.6 Å². The van der Waals surface area contributed by atoms with Crippen molar-refractivity contribution in [3.05, 3.63) is 81.2 Å². The highest BCUT2D eigenvalue weighted by Gasteiger charge is 2.32. The Hall–Kier alpha value is -2.40. The first-order valence-electron chi connectivity index (χ1n) is 12.5. The quantitative estimate of drug-likeness (QED) is 0.299. The van der Waals surface area contributed by atoms with Gasteiger partial charge in [-0.15, -0.1) is 0 Å². The lowest BCUT2D eigenvalue weighted by molar-refractivity contribution is 0.277. The van der Waals surface area contributed by atoms with Crippen LogP contribution >= 0.6 is 23.2 Å². The second-order valence-electron chi connectivity index (χ2n) is 9.64. The maximum Gasteiger partial charge on any atom is 0.145 e. The van der Waals surface area contributed by atoms with Crippen LogP contribution in [0.2, 0.25) is 10.0 Å². The lowest BCUT2D eigenvalue weighted by Crippen LogP contribution is -2.04. The summed E-state index contributed by atoms with van der Waals surface area (Å²) < 4.78 is 5.41. The lowest BCUT2D eigenvalue weighted by Gasteiger charge is -2.22. The van der Waals surface area contributed by atoms with Gasteiger partial charge in [-0.05, 0) is 67.9 Å². The number of benzene rings is 2. The number of aryl methyl sites for hydroxylation is 1. The maximum atomic E-state index is 9.56. The minimum Gasteiger partial charge on any atom is -0.391 e. The Morgan fingerprint density at radius 3 is 2.46 bits per heavy atom. The second kappa shape index (κ2) is 10.7. The van der Waals surface area contributed by atoms with Crippen molar-refractivity contribution < 1.29 is 9.63 Å². The van der Waals surface area contributed by atoms with Gasteiger partial charge in [0.1, 0.15) is 11.5 Å². The largest absolute Gasteiger partial charge is 0.391 e. The molecule has 0 amide bonds. The molecular formula is C29H30Cl2N2O2. The first kappa shape index (κ1) is 24.3. The number of hydrogen-bond acceptors (Lipinski definition) is 4. The van der Waals surface area contributed by atoms with Crippen molar-refractivity contribution >= 4 is 34.1 Å². The van der Waals surface area contributed by atoms with Crippen molar-refractivity contribution in [1.29, 1.82) is 0 Å². The molecule has 4 nitrogen and oxygen atoms in total. The molecular weight excluding hydrogens is 479 g/mol. The van der Waals surface area contributed by atoms with Crippen molar-refractivity contribution in [2.24, 2.45) is 0 Å². The highest BCUT2D eigenvalue weighted by Crippen LogP contribution is 2.45. The van der Waals surface area contributed by atoms with Gasteiger partial charge in [-0.25, -0.2) is 0 Å². The summed E-state index contributed by atoms with van der Waals surface area (Å²) in [6, 6.07) is 14.1. The van der Waals surface area contributed by atoms with Gasteiger partial charge < -0.3 is 9.63 Å². The molecule has 1 N–H and O–H groups in total. The number of hydrogen-bond donors (Lipinski definition) is 1. The maximum absolute atomic E-state index is 9.56. The second-order valence-corrected chi connectivity index (χ2v) is 10.5. The molecule has 2 fully saturated rings. The fourth-order valence-corrected chi connectivity index (χ4v) is 5.62. The van der Waals surface area contributed by atoms with Gasteiger partial charge in [0.05, 0.1) is 22.2 Å². The van der Waals surface area contributed by atoms with E-state index in [4.69, 9.17) is 27.7 Å². The van der Waals surface area contributed by atoms with Crippen LogP contribution in [0.5, 0.6) is 0 Å².